The van der Waals surface area contributed by atoms with E-state index in [2.05, 4.69) is 20.5 Å². The number of thioether (sulfide) groups is 1. The molecule has 2 heterocycles. The summed E-state index contributed by atoms with van der Waals surface area (Å²) in [5, 5.41) is 12.9. The lowest BCUT2D eigenvalue weighted by molar-refractivity contribution is -0.113. The molecule has 3 N–H and O–H groups in total. The number of benzene rings is 1. The third kappa shape index (κ3) is 3.90. The SMILES string of the molecule is Nn1c(SCC(=O)Nc2cccc3ncccc23)nnc1C1CCCCC1. The van der Waals surface area contributed by atoms with Crippen molar-refractivity contribution in [1.82, 2.24) is 19.9 Å². The molecule has 8 heteroatoms. The van der Waals surface area contributed by atoms with Crippen molar-refractivity contribution in [2.75, 3.05) is 16.9 Å². The van der Waals surface area contributed by atoms with Gasteiger partial charge in [0, 0.05) is 17.5 Å². The summed E-state index contributed by atoms with van der Waals surface area (Å²) in [6.45, 7) is 0. The number of anilines is 1. The molecule has 1 aliphatic carbocycles. The van der Waals surface area contributed by atoms with Gasteiger partial charge in [0.25, 0.3) is 0 Å². The molecule has 1 fully saturated rings. The van der Waals surface area contributed by atoms with Crippen LogP contribution in [-0.2, 0) is 4.79 Å². The molecule has 3 aromatic rings. The minimum absolute atomic E-state index is 0.112. The van der Waals surface area contributed by atoms with Crippen molar-refractivity contribution < 1.29 is 4.79 Å². The average Bonchev–Trinajstić information content (AvgIpc) is 3.08. The standard InChI is InChI=1S/C19H22N6OS/c20-25-18(13-6-2-1-3-7-13)23-24-19(25)27-12-17(26)22-16-10-4-9-15-14(16)8-5-11-21-15/h4-5,8-11,13H,1-3,6-7,12,20H2,(H,22,26). The molecule has 0 atom stereocenters. The van der Waals surface area contributed by atoms with Gasteiger partial charge >= 0.3 is 0 Å². The van der Waals surface area contributed by atoms with Gasteiger partial charge in [-0.25, -0.2) is 4.68 Å². The number of carbonyl (C=O) groups is 1. The number of nitrogen functional groups attached to an aromatic ring is 1. The Labute approximate surface area is 161 Å². The Morgan fingerprint density at radius 2 is 2.04 bits per heavy atom. The first-order valence-corrected chi connectivity index (χ1v) is 10.2. The van der Waals surface area contributed by atoms with Gasteiger partial charge in [0.2, 0.25) is 11.1 Å². The van der Waals surface area contributed by atoms with Crippen LogP contribution in [0.5, 0.6) is 0 Å². The van der Waals surface area contributed by atoms with Crippen LogP contribution in [0.15, 0.2) is 41.7 Å². The van der Waals surface area contributed by atoms with Crippen molar-refractivity contribution in [3.8, 4) is 0 Å². The second kappa shape index (κ2) is 7.96. The summed E-state index contributed by atoms with van der Waals surface area (Å²) in [4.78, 5) is 16.7. The van der Waals surface area contributed by atoms with E-state index < -0.39 is 0 Å². The maximum Gasteiger partial charge on any atom is 0.234 e. The Bertz CT molecular complexity index is 945. The number of amides is 1. The fraction of sp³-hybridized carbons (Fsp3) is 0.368. The largest absolute Gasteiger partial charge is 0.336 e. The molecule has 0 aliphatic heterocycles. The van der Waals surface area contributed by atoms with E-state index in [0.717, 1.165) is 35.3 Å². The number of pyridine rings is 1. The topological polar surface area (TPSA) is 98.7 Å². The minimum atomic E-state index is -0.112. The van der Waals surface area contributed by atoms with Crippen LogP contribution >= 0.6 is 11.8 Å². The Morgan fingerprint density at radius 3 is 2.89 bits per heavy atom. The van der Waals surface area contributed by atoms with Gasteiger partial charge in [-0.2, -0.15) is 0 Å². The number of rotatable bonds is 5. The summed E-state index contributed by atoms with van der Waals surface area (Å²) >= 11 is 1.30. The molecule has 1 aliphatic rings. The molecule has 0 spiro atoms. The van der Waals surface area contributed by atoms with Gasteiger partial charge < -0.3 is 11.2 Å². The minimum Gasteiger partial charge on any atom is -0.336 e. The second-order valence-electron chi connectivity index (χ2n) is 6.76. The van der Waals surface area contributed by atoms with Gasteiger partial charge in [-0.3, -0.25) is 9.78 Å². The highest BCUT2D eigenvalue weighted by atomic mass is 32.2. The number of nitrogens with two attached hydrogens (primary N) is 1. The van der Waals surface area contributed by atoms with Crippen LogP contribution in [0.4, 0.5) is 5.69 Å². The van der Waals surface area contributed by atoms with Crippen LogP contribution in [0.25, 0.3) is 10.9 Å². The molecule has 140 valence electrons. The lowest BCUT2D eigenvalue weighted by Gasteiger charge is -2.20. The lowest BCUT2D eigenvalue weighted by Crippen LogP contribution is -2.19. The maximum atomic E-state index is 12.4. The predicted molar refractivity (Wildman–Crippen MR) is 107 cm³/mol. The van der Waals surface area contributed by atoms with Crippen molar-refractivity contribution >= 4 is 34.3 Å². The Kier molecular flexibility index (Phi) is 5.24. The van der Waals surface area contributed by atoms with E-state index in [1.54, 1.807) is 10.9 Å². The van der Waals surface area contributed by atoms with Gasteiger partial charge in [0.15, 0.2) is 5.82 Å². The second-order valence-corrected chi connectivity index (χ2v) is 7.70. The third-order valence-electron chi connectivity index (χ3n) is 4.91. The summed E-state index contributed by atoms with van der Waals surface area (Å²) in [7, 11) is 0. The monoisotopic (exact) mass is 382 g/mol. The van der Waals surface area contributed by atoms with Gasteiger partial charge in [0.05, 0.1) is 17.0 Å². The number of hydrogen-bond donors (Lipinski definition) is 2. The summed E-state index contributed by atoms with van der Waals surface area (Å²) in [5.74, 6) is 7.49. The Balaban J connectivity index is 1.40. The van der Waals surface area contributed by atoms with Crippen LogP contribution in [-0.4, -0.2) is 31.5 Å². The first-order valence-electron chi connectivity index (χ1n) is 9.19. The van der Waals surface area contributed by atoms with Gasteiger partial charge in [-0.05, 0) is 37.1 Å². The van der Waals surface area contributed by atoms with Crippen molar-refractivity contribution in [1.29, 1.82) is 0 Å². The predicted octanol–water partition coefficient (Wildman–Crippen LogP) is 3.32. The van der Waals surface area contributed by atoms with Crippen LogP contribution in [0, 0.1) is 0 Å². The van der Waals surface area contributed by atoms with E-state index in [1.165, 1.54) is 31.0 Å². The highest BCUT2D eigenvalue weighted by Gasteiger charge is 2.22. The summed E-state index contributed by atoms with van der Waals surface area (Å²) in [5.41, 5.74) is 1.60. The number of hydrogen-bond acceptors (Lipinski definition) is 6. The first-order chi connectivity index (χ1) is 13.2. The van der Waals surface area contributed by atoms with Crippen molar-refractivity contribution in [3.63, 3.8) is 0 Å². The molecular formula is C19H22N6OS. The summed E-state index contributed by atoms with van der Waals surface area (Å²) < 4.78 is 1.55. The van der Waals surface area contributed by atoms with Gasteiger partial charge in [0.1, 0.15) is 0 Å². The van der Waals surface area contributed by atoms with E-state index in [0.29, 0.717) is 11.1 Å². The zero-order valence-corrected chi connectivity index (χ0v) is 15.8. The molecular weight excluding hydrogens is 360 g/mol. The zero-order valence-electron chi connectivity index (χ0n) is 15.0. The molecule has 4 rings (SSSR count). The van der Waals surface area contributed by atoms with Crippen LogP contribution in [0.1, 0.15) is 43.8 Å². The molecule has 1 saturated carbocycles. The lowest BCUT2D eigenvalue weighted by atomic mass is 9.89. The highest BCUT2D eigenvalue weighted by molar-refractivity contribution is 7.99. The van der Waals surface area contributed by atoms with Crippen LogP contribution < -0.4 is 11.2 Å². The average molecular weight is 382 g/mol. The number of nitrogens with zero attached hydrogens (tertiary/aromatic N) is 4. The molecule has 0 bridgehead atoms. The molecule has 1 amide bonds. The van der Waals surface area contributed by atoms with Crippen molar-refractivity contribution in [2.45, 2.75) is 43.2 Å². The smallest absolute Gasteiger partial charge is 0.234 e. The van der Waals surface area contributed by atoms with Gasteiger partial charge in [-0.15, -0.1) is 10.2 Å². The number of fused-ring (bicyclic) bond motifs is 1. The third-order valence-corrected chi connectivity index (χ3v) is 5.86. The normalized spacial score (nSPS) is 15.1. The molecule has 0 radical (unpaired) electrons. The Morgan fingerprint density at radius 1 is 1.19 bits per heavy atom. The van der Waals surface area contributed by atoms with E-state index in [1.807, 2.05) is 30.3 Å². The molecule has 0 unspecified atom stereocenters. The molecule has 27 heavy (non-hydrogen) atoms. The number of nitrogens with one attached hydrogen (secondary N) is 1. The molecule has 2 aromatic heterocycles. The number of carbonyl (C=O) groups excluding carboxylic acids is 1. The van der Waals surface area contributed by atoms with Crippen molar-refractivity contribution in [2.24, 2.45) is 0 Å². The number of aromatic nitrogens is 4. The van der Waals surface area contributed by atoms with Crippen LogP contribution in [0.2, 0.25) is 0 Å². The quantitative estimate of drug-likeness (QED) is 0.519. The highest BCUT2D eigenvalue weighted by Crippen LogP contribution is 2.32. The van der Waals surface area contributed by atoms with E-state index in [-0.39, 0.29) is 11.7 Å². The summed E-state index contributed by atoms with van der Waals surface area (Å²) in [6, 6.07) is 9.47. The van der Waals surface area contributed by atoms with E-state index in [9.17, 15) is 4.79 Å². The zero-order chi connectivity index (χ0) is 18.6. The molecule has 1 aromatic carbocycles. The Hall–Kier alpha value is -2.61. The maximum absolute atomic E-state index is 12.4. The van der Waals surface area contributed by atoms with Crippen LogP contribution in [0.3, 0.4) is 0 Å². The van der Waals surface area contributed by atoms with E-state index in [4.69, 9.17) is 5.84 Å². The first kappa shape index (κ1) is 17.8. The fourth-order valence-corrected chi connectivity index (χ4v) is 4.22. The van der Waals surface area contributed by atoms with Gasteiger partial charge in [-0.1, -0.05) is 37.1 Å². The molecule has 0 saturated heterocycles. The molecule has 7 nitrogen and oxygen atoms in total. The summed E-state index contributed by atoms with van der Waals surface area (Å²) in [6.07, 6.45) is 7.65. The fourth-order valence-electron chi connectivity index (χ4n) is 3.55. The van der Waals surface area contributed by atoms with Crippen molar-refractivity contribution in [3.05, 3.63) is 42.4 Å². The van der Waals surface area contributed by atoms with E-state index >= 15 is 0 Å².